The highest BCUT2D eigenvalue weighted by atomic mass is 16.4. The van der Waals surface area contributed by atoms with Crippen LogP contribution in [0, 0.1) is 0 Å². The molecule has 76 valence electrons. The van der Waals surface area contributed by atoms with Crippen LogP contribution in [-0.4, -0.2) is 35.1 Å². The summed E-state index contributed by atoms with van der Waals surface area (Å²) in [5.41, 5.74) is 0. The van der Waals surface area contributed by atoms with Gasteiger partial charge in [-0.15, -0.1) is 0 Å². The molecule has 0 bridgehead atoms. The quantitative estimate of drug-likeness (QED) is 0.709. The molecule has 0 aliphatic heterocycles. The van der Waals surface area contributed by atoms with Crippen molar-refractivity contribution in [2.45, 2.75) is 51.1 Å². The van der Waals surface area contributed by atoms with Gasteiger partial charge in [0.2, 0.25) is 0 Å². The highest BCUT2D eigenvalue weighted by molar-refractivity contribution is 5.66. The van der Waals surface area contributed by atoms with Gasteiger partial charge in [-0.2, -0.15) is 0 Å². The van der Waals surface area contributed by atoms with Crippen molar-refractivity contribution in [2.24, 2.45) is 0 Å². The average molecular weight is 185 g/mol. The average Bonchev–Trinajstić information content (AvgIpc) is 1.96. The van der Waals surface area contributed by atoms with Crippen LogP contribution in [0.25, 0.3) is 0 Å². The van der Waals surface area contributed by atoms with Crippen LogP contribution in [-0.2, 0) is 4.79 Å². The number of aliphatic carboxylic acids is 1. The normalized spacial score (nSPS) is 19.9. The Bertz CT molecular complexity index is 178. The molecule has 1 rings (SSSR count). The smallest absolute Gasteiger partial charge is 0.303 e. The zero-order valence-electron chi connectivity index (χ0n) is 8.49. The third-order valence-corrected chi connectivity index (χ3v) is 3.12. The zero-order chi connectivity index (χ0) is 9.84. The summed E-state index contributed by atoms with van der Waals surface area (Å²) in [6, 6.07) is 1.12. The van der Waals surface area contributed by atoms with E-state index >= 15 is 0 Å². The van der Waals surface area contributed by atoms with Gasteiger partial charge in [-0.3, -0.25) is 4.79 Å². The summed E-state index contributed by atoms with van der Waals surface area (Å²) >= 11 is 0. The van der Waals surface area contributed by atoms with E-state index in [1.165, 1.54) is 19.3 Å². The Hall–Kier alpha value is -0.570. The number of hydrogen-bond acceptors (Lipinski definition) is 2. The first-order valence-electron chi connectivity index (χ1n) is 5.05. The fourth-order valence-corrected chi connectivity index (χ4v) is 1.69. The lowest BCUT2D eigenvalue weighted by Gasteiger charge is -2.38. The van der Waals surface area contributed by atoms with Crippen molar-refractivity contribution in [1.82, 2.24) is 4.90 Å². The molecule has 0 radical (unpaired) electrons. The maximum Gasteiger partial charge on any atom is 0.303 e. The van der Waals surface area contributed by atoms with Crippen LogP contribution in [0.15, 0.2) is 0 Å². The van der Waals surface area contributed by atoms with Crippen LogP contribution in [0.5, 0.6) is 0 Å². The van der Waals surface area contributed by atoms with Gasteiger partial charge in [0.05, 0.1) is 0 Å². The van der Waals surface area contributed by atoms with Crippen LogP contribution >= 0.6 is 0 Å². The lowest BCUT2D eigenvalue weighted by atomic mass is 9.90. The lowest BCUT2D eigenvalue weighted by molar-refractivity contribution is -0.137. The Morgan fingerprint density at radius 1 is 1.62 bits per heavy atom. The molecule has 3 heteroatoms. The zero-order valence-corrected chi connectivity index (χ0v) is 8.49. The Morgan fingerprint density at radius 3 is 2.62 bits per heavy atom. The van der Waals surface area contributed by atoms with Crippen molar-refractivity contribution in [2.75, 3.05) is 7.05 Å². The minimum Gasteiger partial charge on any atom is -0.481 e. The van der Waals surface area contributed by atoms with E-state index in [1.807, 2.05) is 0 Å². The van der Waals surface area contributed by atoms with Crippen LogP contribution in [0.1, 0.15) is 39.0 Å². The Labute approximate surface area is 79.7 Å². The standard InChI is InChI=1S/C10H19NO2/c1-8(6-7-10(12)13)11(2)9-4-3-5-9/h8-9H,3-7H2,1-2H3,(H,12,13). The predicted octanol–water partition coefficient (Wildman–Crippen LogP) is 1.72. The third kappa shape index (κ3) is 2.99. The molecule has 0 spiro atoms. The Balaban J connectivity index is 2.20. The Morgan fingerprint density at radius 2 is 2.23 bits per heavy atom. The van der Waals surface area contributed by atoms with Crippen LogP contribution < -0.4 is 0 Å². The third-order valence-electron chi connectivity index (χ3n) is 3.12. The molecule has 0 aromatic carbocycles. The second-order valence-electron chi connectivity index (χ2n) is 4.03. The summed E-state index contributed by atoms with van der Waals surface area (Å²) in [6.45, 7) is 2.11. The lowest BCUT2D eigenvalue weighted by Crippen LogP contribution is -2.42. The first-order chi connectivity index (χ1) is 6.11. The van der Waals surface area contributed by atoms with Crippen molar-refractivity contribution in [3.63, 3.8) is 0 Å². The molecule has 1 unspecified atom stereocenters. The molecule has 1 aliphatic carbocycles. The van der Waals surface area contributed by atoms with E-state index in [0.29, 0.717) is 12.1 Å². The summed E-state index contributed by atoms with van der Waals surface area (Å²) in [5, 5.41) is 8.54. The molecule has 13 heavy (non-hydrogen) atoms. The first-order valence-corrected chi connectivity index (χ1v) is 5.05. The first kappa shape index (κ1) is 10.5. The summed E-state index contributed by atoms with van der Waals surface area (Å²) in [4.78, 5) is 12.7. The molecule has 0 aromatic heterocycles. The summed E-state index contributed by atoms with van der Waals surface area (Å²) < 4.78 is 0. The molecular weight excluding hydrogens is 166 g/mol. The highest BCUT2D eigenvalue weighted by Crippen LogP contribution is 2.25. The van der Waals surface area contributed by atoms with Gasteiger partial charge in [0.25, 0.3) is 0 Å². The molecule has 1 saturated carbocycles. The number of carboxylic acid groups (broad SMARTS) is 1. The van der Waals surface area contributed by atoms with Gasteiger partial charge in [0.1, 0.15) is 0 Å². The second-order valence-corrected chi connectivity index (χ2v) is 4.03. The minimum absolute atomic E-state index is 0.290. The van der Waals surface area contributed by atoms with Gasteiger partial charge in [0, 0.05) is 18.5 Å². The molecule has 1 N–H and O–H groups in total. The van der Waals surface area contributed by atoms with E-state index in [4.69, 9.17) is 5.11 Å². The fourth-order valence-electron chi connectivity index (χ4n) is 1.69. The van der Waals surface area contributed by atoms with Crippen molar-refractivity contribution in [1.29, 1.82) is 0 Å². The van der Waals surface area contributed by atoms with Gasteiger partial charge in [-0.1, -0.05) is 6.42 Å². The number of rotatable bonds is 5. The summed E-state index contributed by atoms with van der Waals surface area (Å²) in [7, 11) is 2.11. The van der Waals surface area contributed by atoms with E-state index in [2.05, 4.69) is 18.9 Å². The summed E-state index contributed by atoms with van der Waals surface area (Å²) in [6.07, 6.45) is 4.96. The van der Waals surface area contributed by atoms with E-state index in [9.17, 15) is 4.79 Å². The number of carbonyl (C=O) groups is 1. The molecule has 0 aromatic rings. The minimum atomic E-state index is -0.686. The Kier molecular flexibility index (Phi) is 3.72. The maximum atomic E-state index is 10.4. The molecule has 3 nitrogen and oxygen atoms in total. The SMILES string of the molecule is CC(CCC(=O)O)N(C)C1CCC1. The highest BCUT2D eigenvalue weighted by Gasteiger charge is 2.25. The molecule has 0 heterocycles. The fraction of sp³-hybridized carbons (Fsp3) is 0.900. The van der Waals surface area contributed by atoms with E-state index < -0.39 is 5.97 Å². The monoisotopic (exact) mass is 185 g/mol. The molecular formula is C10H19NO2. The van der Waals surface area contributed by atoms with Crippen molar-refractivity contribution < 1.29 is 9.90 Å². The van der Waals surface area contributed by atoms with Crippen LogP contribution in [0.4, 0.5) is 0 Å². The number of nitrogens with zero attached hydrogens (tertiary/aromatic N) is 1. The van der Waals surface area contributed by atoms with Gasteiger partial charge in [0.15, 0.2) is 0 Å². The van der Waals surface area contributed by atoms with E-state index in [0.717, 1.165) is 6.42 Å². The van der Waals surface area contributed by atoms with Crippen molar-refractivity contribution in [3.8, 4) is 0 Å². The van der Waals surface area contributed by atoms with E-state index in [1.54, 1.807) is 0 Å². The van der Waals surface area contributed by atoms with Gasteiger partial charge < -0.3 is 10.0 Å². The van der Waals surface area contributed by atoms with Crippen LogP contribution in [0.3, 0.4) is 0 Å². The summed E-state index contributed by atoms with van der Waals surface area (Å²) in [5.74, 6) is -0.686. The predicted molar refractivity (Wildman–Crippen MR) is 51.7 cm³/mol. The molecule has 1 atom stereocenters. The molecule has 0 amide bonds. The molecule has 0 saturated heterocycles. The van der Waals surface area contributed by atoms with Gasteiger partial charge in [-0.25, -0.2) is 0 Å². The van der Waals surface area contributed by atoms with Crippen molar-refractivity contribution >= 4 is 5.97 Å². The van der Waals surface area contributed by atoms with Gasteiger partial charge >= 0.3 is 5.97 Å². The molecule has 1 aliphatic rings. The largest absolute Gasteiger partial charge is 0.481 e. The topological polar surface area (TPSA) is 40.5 Å². The van der Waals surface area contributed by atoms with Crippen LogP contribution in [0.2, 0.25) is 0 Å². The maximum absolute atomic E-state index is 10.4. The second kappa shape index (κ2) is 4.61. The van der Waals surface area contributed by atoms with Gasteiger partial charge in [-0.05, 0) is 33.2 Å². The number of hydrogen-bond donors (Lipinski definition) is 1. The van der Waals surface area contributed by atoms with E-state index in [-0.39, 0.29) is 6.42 Å². The number of carboxylic acids is 1. The van der Waals surface area contributed by atoms with Crippen molar-refractivity contribution in [3.05, 3.63) is 0 Å². The molecule has 1 fully saturated rings.